The number of likely N-dealkylation sites (N-methyl/N-ethyl adjacent to an activating group) is 1. The first-order valence-corrected chi connectivity index (χ1v) is 11.6. The number of nitrogens with zero attached hydrogens (tertiary/aromatic N) is 2. The molecule has 0 spiro atoms. The molecule has 1 aliphatic rings. The van der Waals surface area contributed by atoms with Gasteiger partial charge in [-0.1, -0.05) is 49.4 Å². The van der Waals surface area contributed by atoms with Gasteiger partial charge in [0.05, 0.1) is 18.2 Å². The van der Waals surface area contributed by atoms with Gasteiger partial charge in [-0.25, -0.2) is 0 Å². The third-order valence-electron chi connectivity index (χ3n) is 6.05. The molecule has 1 fully saturated rings. The van der Waals surface area contributed by atoms with E-state index < -0.39 is 17.7 Å². The molecule has 1 unspecified atom stereocenters. The Kier molecular flexibility index (Phi) is 6.98. The van der Waals surface area contributed by atoms with E-state index in [0.717, 1.165) is 22.8 Å². The zero-order chi connectivity index (χ0) is 24.2. The number of carbonyl (C=O) groups is 2. The van der Waals surface area contributed by atoms with Gasteiger partial charge in [-0.15, -0.1) is 0 Å². The lowest BCUT2D eigenvalue weighted by atomic mass is 9.91. The number of hydrogen-bond acceptors (Lipinski definition) is 5. The fourth-order valence-corrected chi connectivity index (χ4v) is 4.32. The average molecular weight is 459 g/mol. The minimum Gasteiger partial charge on any atom is -0.507 e. The molecule has 1 heterocycles. The van der Waals surface area contributed by atoms with Crippen LogP contribution in [0.1, 0.15) is 30.5 Å². The number of likely N-dealkylation sites (tertiary alicyclic amines) is 1. The molecule has 176 valence electrons. The molecule has 3 aromatic rings. The highest BCUT2D eigenvalue weighted by Crippen LogP contribution is 2.41. The maximum Gasteiger partial charge on any atom is 0.295 e. The van der Waals surface area contributed by atoms with E-state index in [9.17, 15) is 14.7 Å². The van der Waals surface area contributed by atoms with E-state index in [1.807, 2.05) is 68.4 Å². The zero-order valence-corrected chi connectivity index (χ0v) is 19.8. The lowest BCUT2D eigenvalue weighted by molar-refractivity contribution is -0.140. The molecule has 1 amide bonds. The molecule has 1 saturated heterocycles. The molecule has 3 aromatic carbocycles. The minimum absolute atomic E-state index is 0.113. The molecular weight excluding hydrogens is 428 g/mol. The summed E-state index contributed by atoms with van der Waals surface area (Å²) in [6.45, 7) is 3.59. The first kappa shape index (κ1) is 23.5. The van der Waals surface area contributed by atoms with Crippen LogP contribution in [0.25, 0.3) is 16.5 Å². The second-order valence-corrected chi connectivity index (χ2v) is 8.74. The molecule has 1 atom stereocenters. The Labute approximate surface area is 200 Å². The quantitative estimate of drug-likeness (QED) is 0.303. The summed E-state index contributed by atoms with van der Waals surface area (Å²) in [5.41, 5.74) is 1.41. The van der Waals surface area contributed by atoms with Crippen molar-refractivity contribution in [2.24, 2.45) is 0 Å². The predicted molar refractivity (Wildman–Crippen MR) is 134 cm³/mol. The van der Waals surface area contributed by atoms with Crippen LogP contribution in [0, 0.1) is 0 Å². The number of fused-ring (bicyclic) bond motifs is 1. The highest BCUT2D eigenvalue weighted by atomic mass is 16.5. The van der Waals surface area contributed by atoms with Gasteiger partial charge < -0.3 is 19.6 Å². The topological polar surface area (TPSA) is 70.1 Å². The summed E-state index contributed by atoms with van der Waals surface area (Å²) in [5.74, 6) is -0.745. The summed E-state index contributed by atoms with van der Waals surface area (Å²) in [6.07, 6.45) is 0.892. The summed E-state index contributed by atoms with van der Waals surface area (Å²) in [4.78, 5) is 29.9. The number of ketones is 1. The molecule has 0 saturated carbocycles. The predicted octanol–water partition coefficient (Wildman–Crippen LogP) is 4.61. The van der Waals surface area contributed by atoms with Crippen LogP contribution < -0.4 is 4.74 Å². The SMILES string of the molecule is CCCOc1ccc(/C(O)=C2/C(=O)C(=O)N(CCN(C)C)C2c2cccc3ccccc23)cc1. The largest absolute Gasteiger partial charge is 0.507 e. The number of hydrogen-bond donors (Lipinski definition) is 1. The second-order valence-electron chi connectivity index (χ2n) is 8.74. The van der Waals surface area contributed by atoms with Crippen molar-refractivity contribution in [1.29, 1.82) is 0 Å². The van der Waals surface area contributed by atoms with Crippen LogP contribution in [0.15, 0.2) is 72.3 Å². The van der Waals surface area contributed by atoms with E-state index in [2.05, 4.69) is 0 Å². The maximum atomic E-state index is 13.3. The van der Waals surface area contributed by atoms with Gasteiger partial charge >= 0.3 is 0 Å². The fraction of sp³-hybridized carbons (Fsp3) is 0.286. The second kappa shape index (κ2) is 10.1. The number of benzene rings is 3. The minimum atomic E-state index is -0.679. The van der Waals surface area contributed by atoms with Crippen LogP contribution >= 0.6 is 0 Å². The average Bonchev–Trinajstić information content (AvgIpc) is 3.10. The van der Waals surface area contributed by atoms with E-state index in [4.69, 9.17) is 4.74 Å². The first-order chi connectivity index (χ1) is 16.4. The molecule has 34 heavy (non-hydrogen) atoms. The Morgan fingerprint density at radius 3 is 2.41 bits per heavy atom. The van der Waals surface area contributed by atoms with E-state index in [1.54, 1.807) is 29.2 Å². The van der Waals surface area contributed by atoms with Gasteiger partial charge in [-0.05, 0) is 61.1 Å². The van der Waals surface area contributed by atoms with Gasteiger partial charge in [-0.2, -0.15) is 0 Å². The van der Waals surface area contributed by atoms with Crippen molar-refractivity contribution in [3.8, 4) is 5.75 Å². The van der Waals surface area contributed by atoms with Gasteiger partial charge in [0.15, 0.2) is 0 Å². The number of ether oxygens (including phenoxy) is 1. The number of aliphatic hydroxyl groups excluding tert-OH is 1. The number of carbonyl (C=O) groups excluding carboxylic acids is 2. The Hall–Kier alpha value is -3.64. The van der Waals surface area contributed by atoms with E-state index in [1.165, 1.54) is 0 Å². The summed E-state index contributed by atoms with van der Waals surface area (Å²) >= 11 is 0. The van der Waals surface area contributed by atoms with Crippen LogP contribution in [-0.2, 0) is 9.59 Å². The number of aliphatic hydroxyl groups is 1. The first-order valence-electron chi connectivity index (χ1n) is 11.6. The maximum absolute atomic E-state index is 13.3. The Morgan fingerprint density at radius 1 is 1.00 bits per heavy atom. The van der Waals surface area contributed by atoms with Crippen molar-refractivity contribution in [1.82, 2.24) is 9.80 Å². The molecule has 0 aliphatic carbocycles. The van der Waals surface area contributed by atoms with Crippen molar-refractivity contribution < 1.29 is 19.4 Å². The fourth-order valence-electron chi connectivity index (χ4n) is 4.32. The zero-order valence-electron chi connectivity index (χ0n) is 19.8. The summed E-state index contributed by atoms with van der Waals surface area (Å²) in [7, 11) is 3.84. The number of Topliss-reactive ketones (excluding diaryl/α,β-unsaturated/α-hetero) is 1. The molecule has 4 rings (SSSR count). The molecule has 0 bridgehead atoms. The monoisotopic (exact) mass is 458 g/mol. The molecule has 0 radical (unpaired) electrons. The van der Waals surface area contributed by atoms with Crippen LogP contribution in [0.2, 0.25) is 0 Å². The summed E-state index contributed by atoms with van der Waals surface area (Å²) in [5, 5.41) is 13.3. The lowest BCUT2D eigenvalue weighted by Gasteiger charge is -2.27. The van der Waals surface area contributed by atoms with Crippen LogP contribution in [0.3, 0.4) is 0 Å². The van der Waals surface area contributed by atoms with Crippen molar-refractivity contribution in [2.45, 2.75) is 19.4 Å². The van der Waals surface area contributed by atoms with E-state index >= 15 is 0 Å². The Morgan fingerprint density at radius 2 is 1.71 bits per heavy atom. The van der Waals surface area contributed by atoms with E-state index in [0.29, 0.717) is 31.0 Å². The van der Waals surface area contributed by atoms with Crippen molar-refractivity contribution >= 4 is 28.2 Å². The van der Waals surface area contributed by atoms with Gasteiger partial charge in [-0.3, -0.25) is 9.59 Å². The van der Waals surface area contributed by atoms with Gasteiger partial charge in [0.25, 0.3) is 11.7 Å². The van der Waals surface area contributed by atoms with Gasteiger partial charge in [0.1, 0.15) is 11.5 Å². The van der Waals surface area contributed by atoms with Crippen molar-refractivity contribution in [3.05, 3.63) is 83.4 Å². The third kappa shape index (κ3) is 4.54. The van der Waals surface area contributed by atoms with Gasteiger partial charge in [0, 0.05) is 18.7 Å². The van der Waals surface area contributed by atoms with Gasteiger partial charge in [0.2, 0.25) is 0 Å². The normalized spacial score (nSPS) is 17.6. The smallest absolute Gasteiger partial charge is 0.295 e. The molecule has 1 aliphatic heterocycles. The Bertz CT molecular complexity index is 1230. The standard InChI is InChI=1S/C28H30N2O4/c1-4-18-34-21-14-12-20(13-15-21)26(31)24-25(30(17-16-29(2)3)28(33)27(24)32)23-11-7-9-19-8-5-6-10-22(19)23/h5-15,25,31H,4,16-18H2,1-3H3/b26-24-. The molecule has 1 N–H and O–H groups in total. The Balaban J connectivity index is 1.85. The van der Waals surface area contributed by atoms with E-state index in [-0.39, 0.29) is 11.3 Å². The van der Waals surface area contributed by atoms with Crippen LogP contribution in [-0.4, -0.2) is 60.4 Å². The lowest BCUT2D eigenvalue weighted by Crippen LogP contribution is -2.35. The van der Waals surface area contributed by atoms with Crippen molar-refractivity contribution in [3.63, 3.8) is 0 Å². The molecule has 6 heteroatoms. The molecule has 6 nitrogen and oxygen atoms in total. The van der Waals surface area contributed by atoms with Crippen molar-refractivity contribution in [2.75, 3.05) is 33.8 Å². The number of amides is 1. The highest BCUT2D eigenvalue weighted by molar-refractivity contribution is 6.46. The third-order valence-corrected chi connectivity index (χ3v) is 6.05. The summed E-state index contributed by atoms with van der Waals surface area (Å²) in [6, 6.07) is 20.0. The molecular formula is C28H30N2O4. The summed E-state index contributed by atoms with van der Waals surface area (Å²) < 4.78 is 5.63. The highest BCUT2D eigenvalue weighted by Gasteiger charge is 2.46. The molecule has 0 aromatic heterocycles. The van der Waals surface area contributed by atoms with Crippen LogP contribution in [0.5, 0.6) is 5.75 Å². The van der Waals surface area contributed by atoms with Crippen LogP contribution in [0.4, 0.5) is 0 Å². The number of rotatable bonds is 8.